The van der Waals surface area contributed by atoms with Crippen molar-refractivity contribution in [3.05, 3.63) is 84.2 Å². The lowest BCUT2D eigenvalue weighted by Gasteiger charge is -2.20. The maximum atomic E-state index is 14.1. The molecule has 1 aliphatic rings. The summed E-state index contributed by atoms with van der Waals surface area (Å²) in [6.45, 7) is 7.49. The van der Waals surface area contributed by atoms with Gasteiger partial charge in [-0.1, -0.05) is 77.3 Å². The highest BCUT2D eigenvalue weighted by Gasteiger charge is 2.24. The molecule has 0 spiro atoms. The Morgan fingerprint density at radius 2 is 1.61 bits per heavy atom. The number of nitrogens with zero attached hydrogens (tertiary/aromatic N) is 3. The second kappa shape index (κ2) is 19.7. The topological polar surface area (TPSA) is 89.6 Å². The van der Waals surface area contributed by atoms with Gasteiger partial charge in [0.2, 0.25) is 5.52 Å². The van der Waals surface area contributed by atoms with Crippen molar-refractivity contribution < 1.29 is 23.7 Å². The van der Waals surface area contributed by atoms with Crippen LogP contribution in [0.5, 0.6) is 0 Å². The number of thiazole rings is 2. The van der Waals surface area contributed by atoms with Crippen molar-refractivity contribution in [2.45, 2.75) is 77.3 Å². The zero-order chi connectivity index (χ0) is 36.2. The summed E-state index contributed by atoms with van der Waals surface area (Å²) in [6.07, 6.45) is 10.5. The summed E-state index contributed by atoms with van der Waals surface area (Å²) in [7, 11) is 0. The van der Waals surface area contributed by atoms with Crippen LogP contribution in [0, 0.1) is 0 Å². The number of para-hydroxylation sites is 2. The molecule has 0 amide bonds. The minimum absolute atomic E-state index is 0.0241. The number of benzene rings is 2. The fourth-order valence-electron chi connectivity index (χ4n) is 5.75. The van der Waals surface area contributed by atoms with Gasteiger partial charge in [0.1, 0.15) is 9.36 Å². The zero-order valence-electron chi connectivity index (χ0n) is 29.3. The molecule has 0 N–H and O–H groups in total. The number of carbonyl (C=O) groups is 3. The Morgan fingerprint density at radius 3 is 2.39 bits per heavy atom. The van der Waals surface area contributed by atoms with Crippen LogP contribution in [0.15, 0.2) is 69.3 Å². The number of hydrogen-bond acceptors (Lipinski definition) is 11. The number of rotatable bonds is 17. The van der Waals surface area contributed by atoms with Crippen molar-refractivity contribution in [2.24, 2.45) is 0 Å². The Morgan fingerprint density at radius 1 is 0.863 bits per heavy atom. The maximum absolute atomic E-state index is 14.1. The van der Waals surface area contributed by atoms with Crippen LogP contribution in [0.1, 0.15) is 64.3 Å². The lowest BCUT2D eigenvalue weighted by molar-refractivity contribution is -0.668. The van der Waals surface area contributed by atoms with Crippen molar-refractivity contribution in [1.29, 1.82) is 0 Å². The molecule has 0 unspecified atom stereocenters. The Labute approximate surface area is 319 Å². The number of fused-ring (bicyclic) bond motifs is 2. The van der Waals surface area contributed by atoms with Gasteiger partial charge in [-0.25, -0.2) is 0 Å². The number of thioether (sulfide) groups is 3. The van der Waals surface area contributed by atoms with Crippen LogP contribution >= 0.6 is 58.0 Å². The maximum Gasteiger partial charge on any atom is 0.305 e. The molecule has 0 bridgehead atoms. The highest BCUT2D eigenvalue weighted by Crippen LogP contribution is 2.45. The Hall–Kier alpha value is -3.10. The van der Waals surface area contributed by atoms with E-state index in [1.54, 1.807) is 36.9 Å². The largest absolute Gasteiger partial charge is 0.466 e. The molecule has 0 atom stereocenters. The number of aryl methyl sites for hydroxylation is 1. The fourth-order valence-corrected chi connectivity index (χ4v) is 10.2. The monoisotopic (exact) mass is 782 g/mol. The van der Waals surface area contributed by atoms with E-state index in [4.69, 9.17) is 4.74 Å². The van der Waals surface area contributed by atoms with Crippen LogP contribution in [-0.2, 0) is 32.2 Å². The van der Waals surface area contributed by atoms with Crippen LogP contribution in [0.3, 0.4) is 0 Å². The van der Waals surface area contributed by atoms with E-state index in [1.807, 2.05) is 41.8 Å². The van der Waals surface area contributed by atoms with E-state index in [9.17, 15) is 19.2 Å². The summed E-state index contributed by atoms with van der Waals surface area (Å²) in [6, 6.07) is 16.6. The predicted octanol–water partition coefficient (Wildman–Crippen LogP) is 6.94. The smallest absolute Gasteiger partial charge is 0.305 e. The third-order valence-corrected chi connectivity index (χ3v) is 13.2. The third kappa shape index (κ3) is 11.0. The molecule has 4 aromatic rings. The first-order valence-electron chi connectivity index (χ1n) is 17.3. The number of esters is 1. The second-order valence-electron chi connectivity index (χ2n) is 11.9. The molecule has 2 aromatic heterocycles. The van der Waals surface area contributed by atoms with Gasteiger partial charge in [-0.15, -0.1) is 11.3 Å². The zero-order valence-corrected chi connectivity index (χ0v) is 33.3. The minimum Gasteiger partial charge on any atom is -0.466 e. The highest BCUT2D eigenvalue weighted by molar-refractivity contribution is 8.13. The average Bonchev–Trinajstić information content (AvgIpc) is 3.74. The molecule has 1 aliphatic heterocycles. The third-order valence-electron chi connectivity index (χ3n) is 8.06. The summed E-state index contributed by atoms with van der Waals surface area (Å²) < 4.78 is 12.0. The summed E-state index contributed by atoms with van der Waals surface area (Å²) in [5.41, 5.74) is 2.26. The molecular weight excluding hydrogens is 739 g/mol. The van der Waals surface area contributed by atoms with E-state index in [0.29, 0.717) is 24.1 Å². The van der Waals surface area contributed by atoms with E-state index in [2.05, 4.69) is 45.9 Å². The fraction of sp³-hybridized carbons (Fsp3) is 0.395. The van der Waals surface area contributed by atoms with E-state index in [0.717, 1.165) is 82.6 Å². The van der Waals surface area contributed by atoms with Gasteiger partial charge in [0.25, 0.3) is 10.6 Å². The Kier molecular flexibility index (Phi) is 15.1. The molecule has 5 rings (SSSR count). The number of allylic oxidation sites excluding steroid dienone is 1. The molecule has 3 heterocycles. The molecule has 2 aromatic carbocycles. The number of ether oxygens (including phenoxy) is 1. The molecule has 270 valence electrons. The molecule has 0 fully saturated rings. The second-order valence-corrected chi connectivity index (χ2v) is 17.6. The lowest BCUT2D eigenvalue weighted by Crippen LogP contribution is -2.37. The first-order chi connectivity index (χ1) is 24.7. The number of hydrogen-bond donors (Lipinski definition) is 0. The van der Waals surface area contributed by atoms with Crippen molar-refractivity contribution in [1.82, 2.24) is 4.57 Å². The van der Waals surface area contributed by atoms with Gasteiger partial charge >= 0.3 is 5.97 Å². The lowest BCUT2D eigenvalue weighted by atomic mass is 10.2. The molecular formula is C38H44N3O5S5+. The number of aromatic nitrogens is 2. The Balaban J connectivity index is 1.49. The minimum atomic E-state index is -0.182. The highest BCUT2D eigenvalue weighted by atomic mass is 32.2. The van der Waals surface area contributed by atoms with Gasteiger partial charge < -0.3 is 9.64 Å². The van der Waals surface area contributed by atoms with Crippen LogP contribution < -0.4 is 24.2 Å². The van der Waals surface area contributed by atoms with Crippen LogP contribution in [0.2, 0.25) is 0 Å². The molecule has 13 heteroatoms. The van der Waals surface area contributed by atoms with E-state index < -0.39 is 0 Å². The van der Waals surface area contributed by atoms with Gasteiger partial charge in [-0.3, -0.25) is 23.7 Å². The first-order valence-corrected chi connectivity index (χ1v) is 21.7. The van der Waals surface area contributed by atoms with E-state index in [-0.39, 0.29) is 21.8 Å². The van der Waals surface area contributed by atoms with Gasteiger partial charge in [0, 0.05) is 62.2 Å². The van der Waals surface area contributed by atoms with Crippen LogP contribution in [-0.4, -0.2) is 45.4 Å². The van der Waals surface area contributed by atoms with Crippen LogP contribution in [0.4, 0.5) is 5.69 Å². The molecule has 0 saturated heterocycles. The van der Waals surface area contributed by atoms with Crippen molar-refractivity contribution >= 4 is 102 Å². The Bertz CT molecular complexity index is 2070. The summed E-state index contributed by atoms with van der Waals surface area (Å²) >= 11 is 7.60. The predicted molar refractivity (Wildman–Crippen MR) is 216 cm³/mol. The van der Waals surface area contributed by atoms with E-state index in [1.165, 1.54) is 44.5 Å². The van der Waals surface area contributed by atoms with Gasteiger partial charge in [-0.2, -0.15) is 4.57 Å². The van der Waals surface area contributed by atoms with Crippen molar-refractivity contribution in [3.63, 3.8) is 0 Å². The standard InChI is InChI=1S/C38H44N3O5S5/c1-4-46-37(44)18-6-5-11-21-41-36(26-35-40(23-13-25-48-28(3)43)30-15-8-10-17-32(30)50-35)51-33(38(41)45)19-20-34-39(22-12-24-47-27(2)42)29-14-7-9-16-31(29)49-34/h7-10,14-17,19-20,26H,4-6,11-13,18,21-25H2,1-3H3/q+1. The van der Waals surface area contributed by atoms with Gasteiger partial charge in [-0.05, 0) is 56.5 Å². The van der Waals surface area contributed by atoms with E-state index >= 15 is 0 Å². The summed E-state index contributed by atoms with van der Waals surface area (Å²) in [5.74, 6) is 1.33. The number of unbranched alkanes of at least 4 members (excludes halogenated alkanes) is 2. The average molecular weight is 783 g/mol. The number of anilines is 1. The molecule has 0 aliphatic carbocycles. The van der Waals surface area contributed by atoms with Crippen LogP contribution in [0.25, 0.3) is 22.4 Å². The van der Waals surface area contributed by atoms with Gasteiger partial charge in [0.15, 0.2) is 16.8 Å². The van der Waals surface area contributed by atoms with Gasteiger partial charge in [0.05, 0.1) is 27.9 Å². The number of carbonyl (C=O) groups excluding carboxylic acids is 3. The normalized spacial score (nSPS) is 14.2. The quantitative estimate of drug-likeness (QED) is 0.0643. The summed E-state index contributed by atoms with van der Waals surface area (Å²) in [5, 5.41) is 2.37. The molecule has 0 radical (unpaired) electrons. The summed E-state index contributed by atoms with van der Waals surface area (Å²) in [4.78, 5) is 52.5. The molecule has 8 nitrogen and oxygen atoms in total. The van der Waals surface area contributed by atoms with Crippen molar-refractivity contribution in [3.8, 4) is 0 Å². The van der Waals surface area contributed by atoms with Crippen molar-refractivity contribution in [2.75, 3.05) is 29.6 Å². The SMILES string of the molecule is CCOC(=O)CCCCCn1c(=Cc2sc3ccccc3[n+]2CCCSC(C)=O)sc(=CC=C2Sc3ccccc3N2CCCSC(C)=O)c1=O. The molecule has 0 saturated carbocycles. The molecule has 51 heavy (non-hydrogen) atoms. The first kappa shape index (κ1) is 39.1.